The van der Waals surface area contributed by atoms with E-state index in [4.69, 9.17) is 25.8 Å². The topological polar surface area (TPSA) is 97.5 Å². The van der Waals surface area contributed by atoms with Gasteiger partial charge in [0.1, 0.15) is 17.8 Å². The van der Waals surface area contributed by atoms with Crippen molar-refractivity contribution in [1.82, 2.24) is 9.66 Å². The summed E-state index contributed by atoms with van der Waals surface area (Å²) >= 11 is 0. The first-order chi connectivity index (χ1) is 9.12. The van der Waals surface area contributed by atoms with Gasteiger partial charge in [-0.1, -0.05) is 0 Å². The summed E-state index contributed by atoms with van der Waals surface area (Å²) in [5, 5.41) is 0. The van der Waals surface area contributed by atoms with Crippen LogP contribution in [-0.4, -0.2) is 31.0 Å². The zero-order valence-electron chi connectivity index (χ0n) is 11.0. The van der Waals surface area contributed by atoms with Gasteiger partial charge < -0.3 is 25.8 Å². The Labute approximate surface area is 110 Å². The quantitative estimate of drug-likeness (QED) is 0.795. The van der Waals surface area contributed by atoms with E-state index in [1.165, 1.54) is 11.0 Å². The van der Waals surface area contributed by atoms with E-state index in [0.29, 0.717) is 34.3 Å². The number of ether oxygens (including phenoxy) is 3. The van der Waals surface area contributed by atoms with Gasteiger partial charge in [-0.2, -0.15) is 0 Å². The highest BCUT2D eigenvalue weighted by molar-refractivity contribution is 5.78. The lowest BCUT2D eigenvalue weighted by Crippen LogP contribution is -2.10. The second-order valence-electron chi connectivity index (χ2n) is 3.79. The minimum Gasteiger partial charge on any atom is -0.496 e. The SMILES string of the molecule is COc1cc(OC)c(-c2ncn(N)c2N)cc1OC. The highest BCUT2D eigenvalue weighted by atomic mass is 16.5. The molecule has 2 rings (SSSR count). The monoisotopic (exact) mass is 264 g/mol. The van der Waals surface area contributed by atoms with Crippen LogP contribution in [-0.2, 0) is 0 Å². The highest BCUT2D eigenvalue weighted by Crippen LogP contribution is 2.40. The van der Waals surface area contributed by atoms with Gasteiger partial charge >= 0.3 is 0 Å². The van der Waals surface area contributed by atoms with Gasteiger partial charge in [-0.15, -0.1) is 0 Å². The average molecular weight is 264 g/mol. The first-order valence-electron chi connectivity index (χ1n) is 5.50. The number of anilines is 1. The van der Waals surface area contributed by atoms with Crippen molar-refractivity contribution in [2.24, 2.45) is 0 Å². The molecule has 0 radical (unpaired) electrons. The van der Waals surface area contributed by atoms with Gasteiger partial charge in [-0.3, -0.25) is 0 Å². The largest absolute Gasteiger partial charge is 0.496 e. The molecule has 0 bridgehead atoms. The molecule has 0 amide bonds. The van der Waals surface area contributed by atoms with Crippen molar-refractivity contribution in [3.63, 3.8) is 0 Å². The Kier molecular flexibility index (Phi) is 3.37. The minimum atomic E-state index is 0.338. The Balaban J connectivity index is 2.65. The lowest BCUT2D eigenvalue weighted by atomic mass is 10.1. The third-order valence-corrected chi connectivity index (χ3v) is 2.79. The van der Waals surface area contributed by atoms with Gasteiger partial charge in [0.15, 0.2) is 17.3 Å². The molecule has 0 fully saturated rings. The zero-order chi connectivity index (χ0) is 14.0. The molecule has 4 N–H and O–H groups in total. The van der Waals surface area contributed by atoms with Gasteiger partial charge in [-0.25, -0.2) is 9.66 Å². The summed E-state index contributed by atoms with van der Waals surface area (Å²) in [7, 11) is 4.67. The number of nitrogens with zero attached hydrogens (tertiary/aromatic N) is 2. The fraction of sp³-hybridized carbons (Fsp3) is 0.250. The van der Waals surface area contributed by atoms with E-state index in [-0.39, 0.29) is 0 Å². The molecule has 19 heavy (non-hydrogen) atoms. The Bertz CT molecular complexity index is 595. The smallest absolute Gasteiger partial charge is 0.164 e. The number of rotatable bonds is 4. The fourth-order valence-corrected chi connectivity index (χ4v) is 1.79. The molecule has 0 spiro atoms. The van der Waals surface area contributed by atoms with E-state index in [1.54, 1.807) is 33.5 Å². The maximum absolute atomic E-state index is 5.87. The van der Waals surface area contributed by atoms with Crippen LogP contribution in [0, 0.1) is 0 Å². The minimum absolute atomic E-state index is 0.338. The van der Waals surface area contributed by atoms with Gasteiger partial charge in [-0.05, 0) is 6.07 Å². The summed E-state index contributed by atoms with van der Waals surface area (Å²) in [5.41, 5.74) is 7.08. The Morgan fingerprint density at radius 2 is 1.58 bits per heavy atom. The average Bonchev–Trinajstić information content (AvgIpc) is 2.77. The van der Waals surface area contributed by atoms with Gasteiger partial charge in [0, 0.05) is 6.07 Å². The molecule has 102 valence electrons. The van der Waals surface area contributed by atoms with Crippen LogP contribution >= 0.6 is 0 Å². The lowest BCUT2D eigenvalue weighted by Gasteiger charge is -2.13. The first kappa shape index (κ1) is 12.9. The van der Waals surface area contributed by atoms with E-state index in [0.717, 1.165) is 0 Å². The number of imidazole rings is 1. The highest BCUT2D eigenvalue weighted by Gasteiger charge is 2.18. The maximum Gasteiger partial charge on any atom is 0.164 e. The third kappa shape index (κ3) is 2.10. The molecule has 0 atom stereocenters. The van der Waals surface area contributed by atoms with Crippen molar-refractivity contribution in [3.05, 3.63) is 18.5 Å². The molecule has 7 heteroatoms. The van der Waals surface area contributed by atoms with Crippen molar-refractivity contribution < 1.29 is 14.2 Å². The van der Waals surface area contributed by atoms with E-state index < -0.39 is 0 Å². The normalized spacial score (nSPS) is 10.3. The molecule has 1 heterocycles. The molecule has 0 aliphatic heterocycles. The molecule has 1 aromatic carbocycles. The Morgan fingerprint density at radius 1 is 1.00 bits per heavy atom. The summed E-state index contributed by atoms with van der Waals surface area (Å²) < 4.78 is 17.0. The summed E-state index contributed by atoms with van der Waals surface area (Å²) in [6.45, 7) is 0. The number of nitrogens with two attached hydrogens (primary N) is 2. The van der Waals surface area contributed by atoms with Gasteiger partial charge in [0.25, 0.3) is 0 Å². The van der Waals surface area contributed by atoms with Crippen LogP contribution in [0.25, 0.3) is 11.3 Å². The maximum atomic E-state index is 5.87. The van der Waals surface area contributed by atoms with Crippen molar-refractivity contribution in [2.75, 3.05) is 32.9 Å². The summed E-state index contributed by atoms with van der Waals surface area (Å²) in [6.07, 6.45) is 1.43. The molecule has 7 nitrogen and oxygen atoms in total. The van der Waals surface area contributed by atoms with Crippen LogP contribution in [0.15, 0.2) is 18.5 Å². The van der Waals surface area contributed by atoms with E-state index >= 15 is 0 Å². The number of hydrogen-bond donors (Lipinski definition) is 2. The second-order valence-corrected chi connectivity index (χ2v) is 3.79. The molecular formula is C12H16N4O3. The van der Waals surface area contributed by atoms with E-state index in [9.17, 15) is 0 Å². The molecule has 1 aromatic heterocycles. The summed E-state index contributed by atoms with van der Waals surface area (Å²) in [5.74, 6) is 7.66. The van der Waals surface area contributed by atoms with Gasteiger partial charge in [0.2, 0.25) is 0 Å². The Morgan fingerprint density at radius 3 is 2.05 bits per heavy atom. The Hall–Kier alpha value is -2.57. The predicted molar refractivity (Wildman–Crippen MR) is 71.9 cm³/mol. The van der Waals surface area contributed by atoms with Crippen molar-refractivity contribution >= 4 is 5.82 Å². The van der Waals surface area contributed by atoms with Crippen LogP contribution in [0.3, 0.4) is 0 Å². The summed E-state index contributed by atoms with van der Waals surface area (Å²) in [4.78, 5) is 4.16. The molecule has 0 unspecified atom stereocenters. The van der Waals surface area contributed by atoms with Crippen LogP contribution in [0.4, 0.5) is 5.82 Å². The molecule has 2 aromatic rings. The number of benzene rings is 1. The predicted octanol–water partition coefficient (Wildman–Crippen LogP) is 0.872. The molecule has 0 aliphatic carbocycles. The third-order valence-electron chi connectivity index (χ3n) is 2.79. The zero-order valence-corrected chi connectivity index (χ0v) is 11.0. The van der Waals surface area contributed by atoms with Crippen LogP contribution < -0.4 is 25.8 Å². The number of methoxy groups -OCH3 is 3. The fourth-order valence-electron chi connectivity index (χ4n) is 1.79. The van der Waals surface area contributed by atoms with Crippen LogP contribution in [0.2, 0.25) is 0 Å². The standard InChI is InChI=1S/C12H16N4O3/c1-17-8-5-10(19-3)9(18-2)4-7(8)11-12(13)16(14)6-15-11/h4-6H,13-14H2,1-3H3. The van der Waals surface area contributed by atoms with E-state index in [2.05, 4.69) is 4.98 Å². The van der Waals surface area contributed by atoms with Crippen molar-refractivity contribution in [1.29, 1.82) is 0 Å². The summed E-state index contributed by atoms with van der Waals surface area (Å²) in [6, 6.07) is 3.46. The van der Waals surface area contributed by atoms with Crippen LogP contribution in [0.1, 0.15) is 0 Å². The lowest BCUT2D eigenvalue weighted by molar-refractivity contribution is 0.349. The number of nitrogen functional groups attached to an aromatic ring is 2. The molecule has 0 aliphatic rings. The molecule has 0 saturated carbocycles. The first-order valence-corrected chi connectivity index (χ1v) is 5.50. The van der Waals surface area contributed by atoms with Crippen LogP contribution in [0.5, 0.6) is 17.2 Å². The van der Waals surface area contributed by atoms with Crippen molar-refractivity contribution in [3.8, 4) is 28.5 Å². The molecule has 0 saturated heterocycles. The van der Waals surface area contributed by atoms with E-state index in [1.807, 2.05) is 0 Å². The number of hydrogen-bond acceptors (Lipinski definition) is 6. The second kappa shape index (κ2) is 4.97. The van der Waals surface area contributed by atoms with Crippen molar-refractivity contribution in [2.45, 2.75) is 0 Å². The number of aromatic nitrogens is 2. The molecular weight excluding hydrogens is 248 g/mol. The van der Waals surface area contributed by atoms with Gasteiger partial charge in [0.05, 0.1) is 26.9 Å².